The molecule has 0 saturated carbocycles. The highest BCUT2D eigenvalue weighted by Gasteiger charge is 2.24. The van der Waals surface area contributed by atoms with E-state index in [9.17, 15) is 9.59 Å². The summed E-state index contributed by atoms with van der Waals surface area (Å²) in [4.78, 5) is 24.9. The van der Waals surface area contributed by atoms with E-state index >= 15 is 0 Å². The van der Waals surface area contributed by atoms with Gasteiger partial charge in [0.1, 0.15) is 24.0 Å². The van der Waals surface area contributed by atoms with Gasteiger partial charge in [-0.05, 0) is 36.6 Å². The Labute approximate surface area is 143 Å². The van der Waals surface area contributed by atoms with Crippen LogP contribution in [0, 0.1) is 0 Å². The molecule has 126 valence electrons. The van der Waals surface area contributed by atoms with Gasteiger partial charge in [0.25, 0.3) is 5.91 Å². The SMILES string of the molecule is CCOC(=O)c1cc(NC(=O)c2cccs2)ccc1OCC1CO1. The van der Waals surface area contributed by atoms with Gasteiger partial charge in [-0.3, -0.25) is 4.79 Å². The van der Waals surface area contributed by atoms with Gasteiger partial charge in [0.2, 0.25) is 0 Å². The van der Waals surface area contributed by atoms with Crippen LogP contribution in [0.15, 0.2) is 35.7 Å². The normalized spacial score (nSPS) is 15.6. The molecular weight excluding hydrogens is 330 g/mol. The predicted molar refractivity (Wildman–Crippen MR) is 89.9 cm³/mol. The van der Waals surface area contributed by atoms with Gasteiger partial charge in [0, 0.05) is 5.69 Å². The predicted octanol–water partition coefficient (Wildman–Crippen LogP) is 2.95. The fourth-order valence-electron chi connectivity index (χ4n) is 2.05. The van der Waals surface area contributed by atoms with E-state index in [0.717, 1.165) is 0 Å². The lowest BCUT2D eigenvalue weighted by molar-refractivity contribution is 0.0521. The standard InChI is InChI=1S/C17H17NO5S/c1-2-21-17(20)13-8-11(18-16(19)15-4-3-7-24-15)5-6-14(13)23-10-12-9-22-12/h3-8,12H,2,9-10H2,1H3,(H,18,19). The van der Waals surface area contributed by atoms with Crippen molar-refractivity contribution in [2.24, 2.45) is 0 Å². The summed E-state index contributed by atoms with van der Waals surface area (Å²) in [5.74, 6) is -0.297. The molecule has 1 aromatic heterocycles. The first-order chi connectivity index (χ1) is 11.7. The molecule has 1 atom stereocenters. The first-order valence-electron chi connectivity index (χ1n) is 7.58. The van der Waals surface area contributed by atoms with Crippen LogP contribution < -0.4 is 10.1 Å². The Morgan fingerprint density at radius 2 is 2.21 bits per heavy atom. The van der Waals surface area contributed by atoms with Gasteiger partial charge in [0.05, 0.1) is 18.1 Å². The van der Waals surface area contributed by atoms with Crippen LogP contribution in [0.2, 0.25) is 0 Å². The minimum absolute atomic E-state index is 0.0817. The first-order valence-corrected chi connectivity index (χ1v) is 8.45. The van der Waals surface area contributed by atoms with Crippen LogP contribution in [-0.4, -0.2) is 37.8 Å². The lowest BCUT2D eigenvalue weighted by Gasteiger charge is -2.12. The summed E-state index contributed by atoms with van der Waals surface area (Å²) in [5.41, 5.74) is 0.785. The van der Waals surface area contributed by atoms with Crippen molar-refractivity contribution in [3.05, 3.63) is 46.2 Å². The van der Waals surface area contributed by atoms with Gasteiger partial charge in [-0.15, -0.1) is 11.3 Å². The Morgan fingerprint density at radius 1 is 1.38 bits per heavy atom. The van der Waals surface area contributed by atoms with E-state index in [0.29, 0.717) is 29.5 Å². The van der Waals surface area contributed by atoms with Gasteiger partial charge < -0.3 is 19.5 Å². The van der Waals surface area contributed by atoms with Crippen LogP contribution in [-0.2, 0) is 9.47 Å². The number of carbonyl (C=O) groups excluding carboxylic acids is 2. The van der Waals surface area contributed by atoms with Crippen molar-refractivity contribution in [3.8, 4) is 5.75 Å². The molecule has 0 bridgehead atoms. The number of anilines is 1. The van der Waals surface area contributed by atoms with E-state index in [1.165, 1.54) is 11.3 Å². The third kappa shape index (κ3) is 4.12. The molecule has 1 saturated heterocycles. The van der Waals surface area contributed by atoms with Crippen molar-refractivity contribution in [2.75, 3.05) is 25.1 Å². The number of carbonyl (C=O) groups is 2. The molecule has 0 spiro atoms. The number of esters is 1. The quantitative estimate of drug-likeness (QED) is 0.615. The maximum absolute atomic E-state index is 12.1. The molecule has 2 aromatic rings. The summed E-state index contributed by atoms with van der Waals surface area (Å²) in [5, 5.41) is 4.60. The van der Waals surface area contributed by atoms with E-state index in [1.807, 2.05) is 5.38 Å². The molecule has 24 heavy (non-hydrogen) atoms. The zero-order chi connectivity index (χ0) is 16.9. The Balaban J connectivity index is 1.78. The van der Waals surface area contributed by atoms with Crippen LogP contribution in [0.25, 0.3) is 0 Å². The molecule has 1 aliphatic heterocycles. The molecular formula is C17H17NO5S. The number of thiophene rings is 1. The van der Waals surface area contributed by atoms with Crippen molar-refractivity contribution in [3.63, 3.8) is 0 Å². The highest BCUT2D eigenvalue weighted by atomic mass is 32.1. The average Bonchev–Trinajstić information content (AvgIpc) is 3.24. The molecule has 1 amide bonds. The molecule has 1 fully saturated rings. The number of hydrogen-bond acceptors (Lipinski definition) is 6. The van der Waals surface area contributed by atoms with Crippen molar-refractivity contribution in [1.29, 1.82) is 0 Å². The second kappa shape index (κ2) is 7.46. The smallest absolute Gasteiger partial charge is 0.341 e. The number of amides is 1. The molecule has 6 nitrogen and oxygen atoms in total. The number of hydrogen-bond donors (Lipinski definition) is 1. The van der Waals surface area contributed by atoms with E-state index in [-0.39, 0.29) is 24.2 Å². The lowest BCUT2D eigenvalue weighted by Crippen LogP contribution is -2.13. The maximum Gasteiger partial charge on any atom is 0.341 e. The molecule has 1 unspecified atom stereocenters. The second-order valence-corrected chi connectivity index (χ2v) is 6.08. The van der Waals surface area contributed by atoms with E-state index in [4.69, 9.17) is 14.2 Å². The minimum Gasteiger partial charge on any atom is -0.490 e. The fourth-order valence-corrected chi connectivity index (χ4v) is 2.67. The third-order valence-electron chi connectivity index (χ3n) is 3.30. The Morgan fingerprint density at radius 3 is 2.88 bits per heavy atom. The zero-order valence-electron chi connectivity index (χ0n) is 13.1. The molecule has 7 heteroatoms. The van der Waals surface area contributed by atoms with E-state index in [1.54, 1.807) is 37.3 Å². The van der Waals surface area contributed by atoms with Crippen LogP contribution in [0.3, 0.4) is 0 Å². The highest BCUT2D eigenvalue weighted by molar-refractivity contribution is 7.12. The number of epoxide rings is 1. The topological polar surface area (TPSA) is 77.2 Å². The highest BCUT2D eigenvalue weighted by Crippen LogP contribution is 2.26. The number of nitrogens with one attached hydrogen (secondary N) is 1. The Bertz CT molecular complexity index is 725. The number of ether oxygens (including phenoxy) is 3. The van der Waals surface area contributed by atoms with Crippen LogP contribution in [0.1, 0.15) is 27.0 Å². The molecule has 1 aromatic carbocycles. The summed E-state index contributed by atoms with van der Waals surface area (Å²) in [6.45, 7) is 3.05. The van der Waals surface area contributed by atoms with Gasteiger partial charge in [-0.25, -0.2) is 4.79 Å². The second-order valence-electron chi connectivity index (χ2n) is 5.13. The zero-order valence-corrected chi connectivity index (χ0v) is 13.9. The van der Waals surface area contributed by atoms with Gasteiger partial charge in [-0.1, -0.05) is 6.07 Å². The Hall–Kier alpha value is -2.38. The first kappa shape index (κ1) is 16.5. The van der Waals surface area contributed by atoms with Gasteiger partial charge >= 0.3 is 5.97 Å². The molecule has 1 aliphatic rings. The molecule has 0 radical (unpaired) electrons. The summed E-state index contributed by atoms with van der Waals surface area (Å²) >= 11 is 1.35. The molecule has 2 heterocycles. The maximum atomic E-state index is 12.1. The van der Waals surface area contributed by atoms with Crippen LogP contribution in [0.5, 0.6) is 5.75 Å². The van der Waals surface area contributed by atoms with E-state index < -0.39 is 5.97 Å². The lowest BCUT2D eigenvalue weighted by atomic mass is 10.1. The summed E-state index contributed by atoms with van der Waals surface area (Å²) < 4.78 is 15.8. The molecule has 3 rings (SSSR count). The molecule has 0 aliphatic carbocycles. The van der Waals surface area contributed by atoms with Gasteiger partial charge in [0.15, 0.2) is 0 Å². The number of benzene rings is 1. The summed E-state index contributed by atoms with van der Waals surface area (Å²) in [6, 6.07) is 8.45. The Kier molecular flexibility index (Phi) is 5.12. The van der Waals surface area contributed by atoms with Crippen LogP contribution >= 0.6 is 11.3 Å². The third-order valence-corrected chi connectivity index (χ3v) is 4.17. The number of rotatable bonds is 7. The monoisotopic (exact) mass is 347 g/mol. The van der Waals surface area contributed by atoms with Crippen LogP contribution in [0.4, 0.5) is 5.69 Å². The van der Waals surface area contributed by atoms with E-state index in [2.05, 4.69) is 5.32 Å². The van der Waals surface area contributed by atoms with Crippen molar-refractivity contribution in [2.45, 2.75) is 13.0 Å². The summed E-state index contributed by atoms with van der Waals surface area (Å²) in [7, 11) is 0. The fraction of sp³-hybridized carbons (Fsp3) is 0.294. The largest absolute Gasteiger partial charge is 0.490 e. The molecule has 1 N–H and O–H groups in total. The summed E-state index contributed by atoms with van der Waals surface area (Å²) in [6.07, 6.45) is 0.0817. The minimum atomic E-state index is -0.489. The van der Waals surface area contributed by atoms with Crippen molar-refractivity contribution in [1.82, 2.24) is 0 Å². The average molecular weight is 347 g/mol. The van der Waals surface area contributed by atoms with Crippen molar-refractivity contribution < 1.29 is 23.8 Å². The van der Waals surface area contributed by atoms with Gasteiger partial charge in [-0.2, -0.15) is 0 Å². The van der Waals surface area contributed by atoms with Crippen molar-refractivity contribution >= 4 is 28.9 Å².